The van der Waals surface area contributed by atoms with Crippen LogP contribution in [0.15, 0.2) is 47.5 Å². The first-order chi connectivity index (χ1) is 15.5. The van der Waals surface area contributed by atoms with Gasteiger partial charge >= 0.3 is 0 Å². The lowest BCUT2D eigenvalue weighted by molar-refractivity contribution is 0.384. The highest BCUT2D eigenvalue weighted by molar-refractivity contribution is 7.89. The number of benzene rings is 1. The normalized spacial score (nSPS) is 18.3. The van der Waals surface area contributed by atoms with E-state index in [1.54, 1.807) is 22.6 Å². The van der Waals surface area contributed by atoms with Crippen molar-refractivity contribution >= 4 is 32.7 Å². The van der Waals surface area contributed by atoms with Crippen LogP contribution in [0.5, 0.6) is 0 Å². The Labute approximate surface area is 189 Å². The standard InChI is InChI=1S/C23H28N6O2S/c1-18-17-21(26-23(25-18)28-11-3-2-4-12-28)27-13-15-29(16-14-27)32(30,31)20-9-5-7-19-8-6-10-24-22(19)20/h5-10,17H,2-4,11-16H2,1H3. The molecule has 0 atom stereocenters. The van der Waals surface area contributed by atoms with Crippen molar-refractivity contribution in [2.45, 2.75) is 31.1 Å². The van der Waals surface area contributed by atoms with E-state index in [1.165, 1.54) is 19.3 Å². The second-order valence-corrected chi connectivity index (χ2v) is 10.3. The van der Waals surface area contributed by atoms with Gasteiger partial charge in [-0.1, -0.05) is 18.2 Å². The molecule has 2 aliphatic rings. The van der Waals surface area contributed by atoms with E-state index >= 15 is 0 Å². The number of anilines is 2. The average Bonchev–Trinajstić information content (AvgIpc) is 2.84. The maximum atomic E-state index is 13.4. The molecule has 168 valence electrons. The summed E-state index contributed by atoms with van der Waals surface area (Å²) < 4.78 is 28.4. The number of hydrogen-bond acceptors (Lipinski definition) is 7. The minimum absolute atomic E-state index is 0.273. The number of para-hydroxylation sites is 1. The second kappa shape index (κ2) is 8.63. The molecule has 0 unspecified atom stereocenters. The number of piperazine rings is 1. The number of aryl methyl sites for hydroxylation is 1. The van der Waals surface area contributed by atoms with Crippen molar-refractivity contribution in [2.24, 2.45) is 0 Å². The number of rotatable bonds is 4. The Morgan fingerprint density at radius 1 is 0.844 bits per heavy atom. The summed E-state index contributed by atoms with van der Waals surface area (Å²) in [6, 6.07) is 11.0. The highest BCUT2D eigenvalue weighted by atomic mass is 32.2. The van der Waals surface area contributed by atoms with Gasteiger partial charge in [-0.15, -0.1) is 0 Å². The Morgan fingerprint density at radius 2 is 1.59 bits per heavy atom. The van der Waals surface area contributed by atoms with Gasteiger partial charge in [0.1, 0.15) is 10.7 Å². The van der Waals surface area contributed by atoms with Crippen molar-refractivity contribution < 1.29 is 8.42 Å². The first kappa shape index (κ1) is 21.1. The maximum Gasteiger partial charge on any atom is 0.245 e. The first-order valence-corrected chi connectivity index (χ1v) is 12.7. The van der Waals surface area contributed by atoms with Crippen LogP contribution in [0.4, 0.5) is 11.8 Å². The Kier molecular flexibility index (Phi) is 5.69. The summed E-state index contributed by atoms with van der Waals surface area (Å²) in [5.74, 6) is 1.67. The van der Waals surface area contributed by atoms with Gasteiger partial charge in [-0.05, 0) is 38.3 Å². The molecule has 4 heterocycles. The predicted octanol–water partition coefficient (Wildman–Crippen LogP) is 2.83. The molecule has 2 saturated heterocycles. The van der Waals surface area contributed by atoms with E-state index in [2.05, 4.69) is 19.8 Å². The Morgan fingerprint density at radius 3 is 2.38 bits per heavy atom. The van der Waals surface area contributed by atoms with E-state index in [-0.39, 0.29) is 4.90 Å². The Balaban J connectivity index is 1.34. The van der Waals surface area contributed by atoms with Gasteiger partial charge in [0.25, 0.3) is 0 Å². The van der Waals surface area contributed by atoms with E-state index in [4.69, 9.17) is 4.98 Å². The van der Waals surface area contributed by atoms with Crippen LogP contribution in [0.3, 0.4) is 0 Å². The molecule has 0 radical (unpaired) electrons. The zero-order chi connectivity index (χ0) is 22.1. The number of fused-ring (bicyclic) bond motifs is 1. The predicted molar refractivity (Wildman–Crippen MR) is 126 cm³/mol. The van der Waals surface area contributed by atoms with Gasteiger partial charge in [0, 0.05) is 62.6 Å². The molecule has 5 rings (SSSR count). The van der Waals surface area contributed by atoms with E-state index in [0.29, 0.717) is 31.7 Å². The first-order valence-electron chi connectivity index (χ1n) is 11.2. The molecule has 0 spiro atoms. The van der Waals surface area contributed by atoms with Gasteiger partial charge in [-0.25, -0.2) is 13.4 Å². The average molecular weight is 453 g/mol. The quantitative estimate of drug-likeness (QED) is 0.602. The van der Waals surface area contributed by atoms with E-state index < -0.39 is 10.0 Å². The van der Waals surface area contributed by atoms with Gasteiger partial charge in [0.2, 0.25) is 16.0 Å². The molecular formula is C23H28N6O2S. The largest absolute Gasteiger partial charge is 0.354 e. The Hall–Kier alpha value is -2.78. The summed E-state index contributed by atoms with van der Waals surface area (Å²) >= 11 is 0. The van der Waals surface area contributed by atoms with Crippen molar-refractivity contribution in [1.29, 1.82) is 0 Å². The molecule has 9 heteroatoms. The summed E-state index contributed by atoms with van der Waals surface area (Å²) in [6.45, 7) is 5.98. The van der Waals surface area contributed by atoms with Crippen LogP contribution in [0.2, 0.25) is 0 Å². The monoisotopic (exact) mass is 452 g/mol. The van der Waals surface area contributed by atoms with Crippen LogP contribution in [-0.2, 0) is 10.0 Å². The van der Waals surface area contributed by atoms with E-state index in [0.717, 1.165) is 35.9 Å². The van der Waals surface area contributed by atoms with Crippen molar-refractivity contribution in [3.63, 3.8) is 0 Å². The van der Waals surface area contributed by atoms with Gasteiger partial charge < -0.3 is 9.80 Å². The van der Waals surface area contributed by atoms with Gasteiger partial charge in [-0.2, -0.15) is 9.29 Å². The molecule has 0 bridgehead atoms. The summed E-state index contributed by atoms with van der Waals surface area (Å²) in [5.41, 5.74) is 1.46. The topological polar surface area (TPSA) is 82.5 Å². The minimum atomic E-state index is -3.62. The molecule has 1 aromatic carbocycles. The van der Waals surface area contributed by atoms with E-state index in [1.807, 2.05) is 31.2 Å². The van der Waals surface area contributed by atoms with Crippen LogP contribution in [-0.4, -0.2) is 66.9 Å². The van der Waals surface area contributed by atoms with Crippen molar-refractivity contribution in [3.8, 4) is 0 Å². The SMILES string of the molecule is Cc1cc(N2CCN(S(=O)(=O)c3cccc4cccnc34)CC2)nc(N2CCCCC2)n1. The molecule has 2 fully saturated rings. The Bertz CT molecular complexity index is 1210. The summed E-state index contributed by atoms with van der Waals surface area (Å²) in [6.07, 6.45) is 5.24. The smallest absolute Gasteiger partial charge is 0.245 e. The van der Waals surface area contributed by atoms with Crippen molar-refractivity contribution in [3.05, 3.63) is 48.3 Å². The zero-order valence-corrected chi connectivity index (χ0v) is 19.1. The lowest BCUT2D eigenvalue weighted by atomic mass is 10.1. The second-order valence-electron chi connectivity index (χ2n) is 8.44. The molecule has 8 nitrogen and oxygen atoms in total. The highest BCUT2D eigenvalue weighted by Gasteiger charge is 2.31. The number of sulfonamides is 1. The summed E-state index contributed by atoms with van der Waals surface area (Å²) in [4.78, 5) is 18.5. The number of hydrogen-bond donors (Lipinski definition) is 0. The van der Waals surface area contributed by atoms with Crippen LogP contribution in [0, 0.1) is 6.92 Å². The highest BCUT2D eigenvalue weighted by Crippen LogP contribution is 2.26. The fraction of sp³-hybridized carbons (Fsp3) is 0.435. The maximum absolute atomic E-state index is 13.4. The summed E-state index contributed by atoms with van der Waals surface area (Å²) in [7, 11) is -3.62. The summed E-state index contributed by atoms with van der Waals surface area (Å²) in [5, 5.41) is 0.828. The van der Waals surface area contributed by atoms with Crippen LogP contribution in [0.25, 0.3) is 10.9 Å². The number of aromatic nitrogens is 3. The van der Waals surface area contributed by atoms with Crippen molar-refractivity contribution in [2.75, 3.05) is 49.1 Å². The molecule has 0 amide bonds. The molecule has 0 saturated carbocycles. The third-order valence-corrected chi connectivity index (χ3v) is 8.17. The fourth-order valence-corrected chi connectivity index (χ4v) is 6.10. The number of piperidine rings is 1. The lowest BCUT2D eigenvalue weighted by Crippen LogP contribution is -2.49. The third-order valence-electron chi connectivity index (χ3n) is 6.24. The lowest BCUT2D eigenvalue weighted by Gasteiger charge is -2.35. The molecular weight excluding hydrogens is 424 g/mol. The minimum Gasteiger partial charge on any atom is -0.354 e. The van der Waals surface area contributed by atoms with Gasteiger partial charge in [0.15, 0.2) is 0 Å². The van der Waals surface area contributed by atoms with Gasteiger partial charge in [0.05, 0.1) is 5.52 Å². The number of nitrogens with zero attached hydrogens (tertiary/aromatic N) is 6. The fourth-order valence-electron chi connectivity index (χ4n) is 4.51. The van der Waals surface area contributed by atoms with Gasteiger partial charge in [-0.3, -0.25) is 4.98 Å². The van der Waals surface area contributed by atoms with E-state index in [9.17, 15) is 8.42 Å². The molecule has 32 heavy (non-hydrogen) atoms. The number of pyridine rings is 1. The third kappa shape index (κ3) is 4.02. The molecule has 0 aliphatic carbocycles. The van der Waals surface area contributed by atoms with Crippen LogP contribution in [0.1, 0.15) is 25.0 Å². The van der Waals surface area contributed by atoms with Crippen LogP contribution < -0.4 is 9.80 Å². The zero-order valence-electron chi connectivity index (χ0n) is 18.3. The molecule has 2 aromatic heterocycles. The molecule has 0 N–H and O–H groups in total. The van der Waals surface area contributed by atoms with Crippen LogP contribution >= 0.6 is 0 Å². The van der Waals surface area contributed by atoms with Crippen molar-refractivity contribution in [1.82, 2.24) is 19.3 Å². The molecule has 2 aliphatic heterocycles. The molecule has 3 aromatic rings.